The molecule has 0 radical (unpaired) electrons. The van der Waals surface area contributed by atoms with Crippen molar-refractivity contribution in [1.29, 1.82) is 0 Å². The molecule has 0 fully saturated rings. The van der Waals surface area contributed by atoms with E-state index in [4.69, 9.17) is 0 Å². The first kappa shape index (κ1) is 18.1. The molecule has 0 heterocycles. The number of amides is 1. The molecule has 1 amide bonds. The van der Waals surface area contributed by atoms with E-state index >= 15 is 0 Å². The van der Waals surface area contributed by atoms with E-state index in [1.54, 1.807) is 6.92 Å². The van der Waals surface area contributed by atoms with Gasteiger partial charge >= 0.3 is 0 Å². The number of hydrogen-bond donors (Lipinski definition) is 2. The van der Waals surface area contributed by atoms with Gasteiger partial charge in [0.05, 0.1) is 6.54 Å². The number of halogens is 2. The van der Waals surface area contributed by atoms with Gasteiger partial charge in [-0.05, 0) is 43.0 Å². The Balaban J connectivity index is 1.66. The van der Waals surface area contributed by atoms with E-state index in [0.717, 1.165) is 25.0 Å². The van der Waals surface area contributed by atoms with E-state index in [1.165, 1.54) is 11.6 Å². The normalized spacial score (nSPS) is 12.0. The minimum absolute atomic E-state index is 0.113. The summed E-state index contributed by atoms with van der Waals surface area (Å²) >= 11 is 0. The van der Waals surface area contributed by atoms with Crippen LogP contribution in [0.4, 0.5) is 8.78 Å². The molecule has 2 N–H and O–H groups in total. The Bertz CT molecular complexity index is 662. The molecule has 128 valence electrons. The Hall–Kier alpha value is -2.27. The summed E-state index contributed by atoms with van der Waals surface area (Å²) in [6.45, 7) is 2.54. The molecule has 2 aromatic rings. The minimum atomic E-state index is -0.883. The number of aryl methyl sites for hydroxylation is 1. The van der Waals surface area contributed by atoms with Crippen molar-refractivity contribution in [1.82, 2.24) is 10.6 Å². The lowest BCUT2D eigenvalue weighted by atomic mass is 10.1. The largest absolute Gasteiger partial charge is 0.355 e. The number of benzene rings is 2. The van der Waals surface area contributed by atoms with Crippen molar-refractivity contribution in [3.05, 3.63) is 71.3 Å². The van der Waals surface area contributed by atoms with Crippen molar-refractivity contribution in [2.45, 2.75) is 25.8 Å². The summed E-state index contributed by atoms with van der Waals surface area (Å²) in [5, 5.41) is 5.85. The van der Waals surface area contributed by atoms with E-state index in [9.17, 15) is 13.6 Å². The number of rotatable bonds is 8. The van der Waals surface area contributed by atoms with Crippen LogP contribution in [-0.2, 0) is 11.2 Å². The third-order valence-corrected chi connectivity index (χ3v) is 3.82. The van der Waals surface area contributed by atoms with E-state index in [-0.39, 0.29) is 18.5 Å². The number of nitrogens with one attached hydrogen (secondary N) is 2. The standard InChI is InChI=1S/C19H22F2N2O/c1-14(16-9-10-17(20)18(21)12-16)23-13-19(24)22-11-5-8-15-6-3-2-4-7-15/h2-4,6-7,9-10,12,14,23H,5,8,11,13H2,1H3,(H,22,24)/t14-/m1/s1. The molecule has 0 aliphatic heterocycles. The van der Waals surface area contributed by atoms with Gasteiger partial charge in [0.2, 0.25) is 5.91 Å². The summed E-state index contributed by atoms with van der Waals surface area (Å²) in [4.78, 5) is 11.8. The maximum absolute atomic E-state index is 13.2. The Morgan fingerprint density at radius 1 is 1.08 bits per heavy atom. The maximum Gasteiger partial charge on any atom is 0.233 e. The third-order valence-electron chi connectivity index (χ3n) is 3.82. The fourth-order valence-corrected chi connectivity index (χ4v) is 2.37. The van der Waals surface area contributed by atoms with Crippen LogP contribution in [-0.4, -0.2) is 19.0 Å². The molecule has 1 atom stereocenters. The highest BCUT2D eigenvalue weighted by Gasteiger charge is 2.10. The van der Waals surface area contributed by atoms with Gasteiger partial charge in [-0.1, -0.05) is 36.4 Å². The van der Waals surface area contributed by atoms with Crippen LogP contribution in [0, 0.1) is 11.6 Å². The second-order valence-corrected chi connectivity index (χ2v) is 5.72. The summed E-state index contributed by atoms with van der Waals surface area (Å²) in [7, 11) is 0. The van der Waals surface area contributed by atoms with Crippen molar-refractivity contribution in [3.63, 3.8) is 0 Å². The van der Waals surface area contributed by atoms with Gasteiger partial charge in [0.1, 0.15) is 0 Å². The monoisotopic (exact) mass is 332 g/mol. The first-order valence-corrected chi connectivity index (χ1v) is 8.05. The molecular formula is C19H22F2N2O. The first-order chi connectivity index (χ1) is 11.6. The van der Waals surface area contributed by atoms with Crippen LogP contribution in [0.25, 0.3) is 0 Å². The van der Waals surface area contributed by atoms with E-state index in [0.29, 0.717) is 12.1 Å². The minimum Gasteiger partial charge on any atom is -0.355 e. The van der Waals surface area contributed by atoms with Gasteiger partial charge in [-0.2, -0.15) is 0 Å². The molecule has 0 aliphatic rings. The van der Waals surface area contributed by atoms with Crippen molar-refractivity contribution in [3.8, 4) is 0 Å². The smallest absolute Gasteiger partial charge is 0.233 e. The van der Waals surface area contributed by atoms with Gasteiger partial charge in [0, 0.05) is 12.6 Å². The Labute approximate surface area is 141 Å². The Morgan fingerprint density at radius 2 is 1.83 bits per heavy atom. The zero-order valence-electron chi connectivity index (χ0n) is 13.7. The predicted octanol–water partition coefficient (Wildman–Crippen LogP) is 3.36. The lowest BCUT2D eigenvalue weighted by molar-refractivity contribution is -0.120. The van der Waals surface area contributed by atoms with Gasteiger partial charge in [-0.3, -0.25) is 4.79 Å². The van der Waals surface area contributed by atoms with Crippen molar-refractivity contribution in [2.75, 3.05) is 13.1 Å². The maximum atomic E-state index is 13.2. The van der Waals surface area contributed by atoms with E-state index < -0.39 is 11.6 Å². The molecule has 0 unspecified atom stereocenters. The first-order valence-electron chi connectivity index (χ1n) is 8.05. The fourth-order valence-electron chi connectivity index (χ4n) is 2.37. The quantitative estimate of drug-likeness (QED) is 0.728. The summed E-state index contributed by atoms with van der Waals surface area (Å²) in [6, 6.07) is 13.6. The highest BCUT2D eigenvalue weighted by molar-refractivity contribution is 5.78. The van der Waals surface area contributed by atoms with E-state index in [2.05, 4.69) is 22.8 Å². The van der Waals surface area contributed by atoms with Crippen LogP contribution >= 0.6 is 0 Å². The van der Waals surface area contributed by atoms with Gasteiger partial charge in [0.25, 0.3) is 0 Å². The SMILES string of the molecule is C[C@@H](NCC(=O)NCCCc1ccccc1)c1ccc(F)c(F)c1. The molecule has 2 rings (SSSR count). The average molecular weight is 332 g/mol. The molecule has 3 nitrogen and oxygen atoms in total. The molecule has 0 saturated carbocycles. The van der Waals surface area contributed by atoms with Gasteiger partial charge in [-0.15, -0.1) is 0 Å². The van der Waals surface area contributed by atoms with Gasteiger partial charge in [-0.25, -0.2) is 8.78 Å². The predicted molar refractivity (Wildman–Crippen MR) is 90.5 cm³/mol. The van der Waals surface area contributed by atoms with Crippen LogP contribution in [0.3, 0.4) is 0 Å². The molecule has 0 spiro atoms. The summed E-state index contributed by atoms with van der Waals surface area (Å²) in [6.07, 6.45) is 1.79. The Morgan fingerprint density at radius 3 is 2.54 bits per heavy atom. The summed E-state index contributed by atoms with van der Waals surface area (Å²) in [5.74, 6) is -1.87. The molecular weight excluding hydrogens is 310 g/mol. The molecule has 0 aliphatic carbocycles. The number of hydrogen-bond acceptors (Lipinski definition) is 2. The molecule has 0 bridgehead atoms. The fraction of sp³-hybridized carbons (Fsp3) is 0.316. The molecule has 2 aromatic carbocycles. The van der Waals surface area contributed by atoms with Crippen LogP contribution in [0.15, 0.2) is 48.5 Å². The molecule has 0 aromatic heterocycles. The zero-order chi connectivity index (χ0) is 17.4. The van der Waals surface area contributed by atoms with Crippen molar-refractivity contribution < 1.29 is 13.6 Å². The Kier molecular flexibility index (Phi) is 6.88. The molecule has 24 heavy (non-hydrogen) atoms. The molecule has 5 heteroatoms. The third kappa shape index (κ3) is 5.74. The second kappa shape index (κ2) is 9.13. The van der Waals surface area contributed by atoms with Crippen LogP contribution < -0.4 is 10.6 Å². The van der Waals surface area contributed by atoms with Crippen molar-refractivity contribution in [2.24, 2.45) is 0 Å². The second-order valence-electron chi connectivity index (χ2n) is 5.72. The van der Waals surface area contributed by atoms with Gasteiger partial charge < -0.3 is 10.6 Å². The van der Waals surface area contributed by atoms with Gasteiger partial charge in [0.15, 0.2) is 11.6 Å². The summed E-state index contributed by atoms with van der Waals surface area (Å²) < 4.78 is 26.1. The average Bonchev–Trinajstić information content (AvgIpc) is 2.60. The van der Waals surface area contributed by atoms with Crippen LogP contribution in [0.1, 0.15) is 30.5 Å². The number of carbonyl (C=O) groups excluding carboxylic acids is 1. The topological polar surface area (TPSA) is 41.1 Å². The van der Waals surface area contributed by atoms with Crippen LogP contribution in [0.5, 0.6) is 0 Å². The summed E-state index contributed by atoms with van der Waals surface area (Å²) in [5.41, 5.74) is 1.85. The van der Waals surface area contributed by atoms with Crippen molar-refractivity contribution >= 4 is 5.91 Å². The highest BCUT2D eigenvalue weighted by Crippen LogP contribution is 2.15. The lowest BCUT2D eigenvalue weighted by Gasteiger charge is -2.14. The highest BCUT2D eigenvalue weighted by atomic mass is 19.2. The number of carbonyl (C=O) groups is 1. The van der Waals surface area contributed by atoms with E-state index in [1.807, 2.05) is 18.2 Å². The van der Waals surface area contributed by atoms with Crippen LogP contribution in [0.2, 0.25) is 0 Å². The molecule has 0 saturated heterocycles. The zero-order valence-corrected chi connectivity index (χ0v) is 13.7. The lowest BCUT2D eigenvalue weighted by Crippen LogP contribution is -2.35.